The van der Waals surface area contributed by atoms with Gasteiger partial charge >= 0.3 is 6.16 Å². The smallest absolute Gasteiger partial charge is 0.449 e. The second kappa shape index (κ2) is 5.57. The van der Waals surface area contributed by atoms with E-state index in [4.69, 9.17) is 9.84 Å². The summed E-state index contributed by atoms with van der Waals surface area (Å²) in [6.07, 6.45) is -0.316. The summed E-state index contributed by atoms with van der Waals surface area (Å²) in [5, 5.41) is 8.79. The van der Waals surface area contributed by atoms with Crippen molar-refractivity contribution in [2.45, 2.75) is 20.3 Å². The monoisotopic (exact) mass is 256 g/mol. The number of hydrogen-bond acceptors (Lipinski definition) is 2. The molecule has 0 saturated carbocycles. The SMILES string of the molecule is CCc1ccc(-c2c(C)cccc2OC(=O)O)cc1. The van der Waals surface area contributed by atoms with Crippen LogP contribution in [0.15, 0.2) is 42.5 Å². The fourth-order valence-corrected chi connectivity index (χ4v) is 2.10. The van der Waals surface area contributed by atoms with Crippen molar-refractivity contribution >= 4 is 6.16 Å². The molecule has 2 rings (SSSR count). The van der Waals surface area contributed by atoms with Crippen molar-refractivity contribution in [3.8, 4) is 16.9 Å². The van der Waals surface area contributed by atoms with E-state index in [1.807, 2.05) is 37.3 Å². The molecule has 0 atom stereocenters. The Morgan fingerprint density at radius 1 is 1.16 bits per heavy atom. The first-order valence-electron chi connectivity index (χ1n) is 6.21. The minimum atomic E-state index is -1.29. The van der Waals surface area contributed by atoms with Gasteiger partial charge in [0.2, 0.25) is 0 Å². The van der Waals surface area contributed by atoms with Gasteiger partial charge in [-0.25, -0.2) is 4.79 Å². The normalized spacial score (nSPS) is 10.2. The van der Waals surface area contributed by atoms with E-state index in [0.717, 1.165) is 23.1 Å². The van der Waals surface area contributed by atoms with Crippen LogP contribution in [-0.4, -0.2) is 11.3 Å². The summed E-state index contributed by atoms with van der Waals surface area (Å²) in [5.41, 5.74) is 4.03. The van der Waals surface area contributed by atoms with Crippen LogP contribution in [0.3, 0.4) is 0 Å². The largest absolute Gasteiger partial charge is 0.511 e. The second-order valence-corrected chi connectivity index (χ2v) is 4.37. The molecule has 0 heterocycles. The molecule has 1 N–H and O–H groups in total. The summed E-state index contributed by atoms with van der Waals surface area (Å²) in [5.74, 6) is 0.372. The summed E-state index contributed by atoms with van der Waals surface area (Å²) in [6.45, 7) is 4.04. The van der Waals surface area contributed by atoms with Crippen LogP contribution in [0.25, 0.3) is 11.1 Å². The van der Waals surface area contributed by atoms with E-state index in [2.05, 4.69) is 6.92 Å². The highest BCUT2D eigenvalue weighted by molar-refractivity contribution is 5.76. The molecule has 3 heteroatoms. The maximum atomic E-state index is 10.7. The summed E-state index contributed by atoms with van der Waals surface area (Å²) >= 11 is 0. The molecule has 2 aromatic rings. The van der Waals surface area contributed by atoms with Crippen LogP contribution in [0.5, 0.6) is 5.75 Å². The Labute approximate surface area is 112 Å². The van der Waals surface area contributed by atoms with Crippen LogP contribution in [0.1, 0.15) is 18.1 Å². The van der Waals surface area contributed by atoms with Gasteiger partial charge in [-0.05, 0) is 36.1 Å². The van der Waals surface area contributed by atoms with Gasteiger partial charge in [-0.3, -0.25) is 0 Å². The zero-order valence-electron chi connectivity index (χ0n) is 11.0. The predicted octanol–water partition coefficient (Wildman–Crippen LogP) is 4.28. The molecule has 98 valence electrons. The standard InChI is InChI=1S/C16H16O3/c1-3-12-7-9-13(10-8-12)15-11(2)5-4-6-14(15)19-16(17)18/h4-10H,3H2,1-2H3,(H,17,18). The topological polar surface area (TPSA) is 46.5 Å². The summed E-state index contributed by atoms with van der Waals surface area (Å²) in [4.78, 5) is 10.7. The quantitative estimate of drug-likeness (QED) is 0.658. The van der Waals surface area contributed by atoms with Crippen molar-refractivity contribution in [3.63, 3.8) is 0 Å². The molecule has 19 heavy (non-hydrogen) atoms. The van der Waals surface area contributed by atoms with Gasteiger partial charge in [-0.2, -0.15) is 0 Å². The molecule has 0 aliphatic carbocycles. The van der Waals surface area contributed by atoms with E-state index in [9.17, 15) is 4.79 Å². The molecule has 0 bridgehead atoms. The third kappa shape index (κ3) is 2.94. The Kier molecular flexibility index (Phi) is 3.85. The molecule has 0 aromatic heterocycles. The lowest BCUT2D eigenvalue weighted by atomic mass is 9.98. The first-order valence-corrected chi connectivity index (χ1v) is 6.21. The maximum Gasteiger partial charge on any atom is 0.511 e. The van der Waals surface area contributed by atoms with Gasteiger partial charge < -0.3 is 9.84 Å². The van der Waals surface area contributed by atoms with Crippen LogP contribution >= 0.6 is 0 Å². The van der Waals surface area contributed by atoms with Gasteiger partial charge in [0.25, 0.3) is 0 Å². The number of aryl methyl sites for hydroxylation is 2. The highest BCUT2D eigenvalue weighted by atomic mass is 16.7. The molecule has 0 fully saturated rings. The molecular formula is C16H16O3. The molecule has 0 amide bonds. The van der Waals surface area contributed by atoms with Gasteiger partial charge in [-0.1, -0.05) is 43.3 Å². The number of rotatable bonds is 3. The fourth-order valence-electron chi connectivity index (χ4n) is 2.10. The van der Waals surface area contributed by atoms with Gasteiger partial charge in [0.1, 0.15) is 5.75 Å². The third-order valence-corrected chi connectivity index (χ3v) is 3.08. The molecule has 0 aliphatic heterocycles. The lowest BCUT2D eigenvalue weighted by Gasteiger charge is -2.11. The highest BCUT2D eigenvalue weighted by Crippen LogP contribution is 2.33. The molecule has 0 spiro atoms. The Balaban J connectivity index is 2.49. The zero-order chi connectivity index (χ0) is 13.8. The number of ether oxygens (including phenoxy) is 1. The van der Waals surface area contributed by atoms with Crippen LogP contribution in [0.4, 0.5) is 4.79 Å². The van der Waals surface area contributed by atoms with Crippen LogP contribution < -0.4 is 4.74 Å². The summed E-state index contributed by atoms with van der Waals surface area (Å²) < 4.78 is 4.85. The third-order valence-electron chi connectivity index (χ3n) is 3.08. The van der Waals surface area contributed by atoms with E-state index < -0.39 is 6.16 Å². The van der Waals surface area contributed by atoms with Gasteiger partial charge in [0.05, 0.1) is 0 Å². The average molecular weight is 256 g/mol. The summed E-state index contributed by atoms with van der Waals surface area (Å²) in [7, 11) is 0. The Bertz CT molecular complexity index is 585. The first-order chi connectivity index (χ1) is 9.11. The molecule has 0 aliphatic rings. The minimum Gasteiger partial charge on any atom is -0.449 e. The number of benzene rings is 2. The Morgan fingerprint density at radius 2 is 1.84 bits per heavy atom. The highest BCUT2D eigenvalue weighted by Gasteiger charge is 2.12. The van der Waals surface area contributed by atoms with E-state index >= 15 is 0 Å². The lowest BCUT2D eigenvalue weighted by Crippen LogP contribution is -2.04. The van der Waals surface area contributed by atoms with Crippen molar-refractivity contribution in [2.75, 3.05) is 0 Å². The molecular weight excluding hydrogens is 240 g/mol. The number of carbonyl (C=O) groups is 1. The minimum absolute atomic E-state index is 0.372. The van der Waals surface area contributed by atoms with E-state index in [0.29, 0.717) is 5.75 Å². The molecule has 0 saturated heterocycles. The second-order valence-electron chi connectivity index (χ2n) is 4.37. The van der Waals surface area contributed by atoms with Crippen LogP contribution in [0, 0.1) is 6.92 Å². The Morgan fingerprint density at radius 3 is 2.42 bits per heavy atom. The van der Waals surface area contributed by atoms with Crippen molar-refractivity contribution in [1.29, 1.82) is 0 Å². The zero-order valence-corrected chi connectivity index (χ0v) is 11.0. The Hall–Kier alpha value is -2.29. The average Bonchev–Trinajstić information content (AvgIpc) is 2.38. The van der Waals surface area contributed by atoms with Crippen molar-refractivity contribution < 1.29 is 14.6 Å². The van der Waals surface area contributed by atoms with Crippen LogP contribution in [-0.2, 0) is 6.42 Å². The maximum absolute atomic E-state index is 10.7. The number of hydrogen-bond donors (Lipinski definition) is 1. The van der Waals surface area contributed by atoms with Gasteiger partial charge in [-0.15, -0.1) is 0 Å². The number of carboxylic acid groups (broad SMARTS) is 1. The van der Waals surface area contributed by atoms with Crippen LogP contribution in [0.2, 0.25) is 0 Å². The van der Waals surface area contributed by atoms with Crippen molar-refractivity contribution in [1.82, 2.24) is 0 Å². The van der Waals surface area contributed by atoms with Gasteiger partial charge in [0.15, 0.2) is 0 Å². The van der Waals surface area contributed by atoms with Crippen molar-refractivity contribution in [2.24, 2.45) is 0 Å². The van der Waals surface area contributed by atoms with Gasteiger partial charge in [0, 0.05) is 5.56 Å². The molecule has 2 aromatic carbocycles. The van der Waals surface area contributed by atoms with E-state index in [-0.39, 0.29) is 0 Å². The lowest BCUT2D eigenvalue weighted by molar-refractivity contribution is 0.144. The van der Waals surface area contributed by atoms with Crippen molar-refractivity contribution in [3.05, 3.63) is 53.6 Å². The molecule has 0 radical (unpaired) electrons. The fraction of sp³-hybridized carbons (Fsp3) is 0.188. The summed E-state index contributed by atoms with van der Waals surface area (Å²) in [6, 6.07) is 13.5. The predicted molar refractivity (Wildman–Crippen MR) is 74.6 cm³/mol. The first kappa shape index (κ1) is 13.1. The molecule has 3 nitrogen and oxygen atoms in total. The van der Waals surface area contributed by atoms with E-state index in [1.54, 1.807) is 12.1 Å². The van der Waals surface area contributed by atoms with E-state index in [1.165, 1.54) is 5.56 Å². The molecule has 0 unspecified atom stereocenters.